The molecule has 5 aromatic rings. The number of aryl methyl sites for hydroxylation is 1. The van der Waals surface area contributed by atoms with Gasteiger partial charge in [0, 0.05) is 0 Å². The monoisotopic (exact) mass is 470 g/mol. The maximum Gasteiger partial charge on any atom is 0.127 e. The van der Waals surface area contributed by atoms with Crippen molar-refractivity contribution in [3.8, 4) is 28.4 Å². The van der Waals surface area contributed by atoms with Crippen LogP contribution in [-0.2, 0) is 12.8 Å². The molecule has 0 bridgehead atoms. The molecule has 0 aliphatic heterocycles. The Morgan fingerprint density at radius 3 is 1.14 bits per heavy atom. The van der Waals surface area contributed by atoms with E-state index in [9.17, 15) is 0 Å². The Balaban J connectivity index is 1.18. The van der Waals surface area contributed by atoms with Crippen molar-refractivity contribution in [2.24, 2.45) is 0 Å². The van der Waals surface area contributed by atoms with Gasteiger partial charge in [-0.3, -0.25) is 0 Å². The third-order valence-corrected chi connectivity index (χ3v) is 6.40. The second-order valence-corrected chi connectivity index (χ2v) is 9.15. The fourth-order valence-corrected chi connectivity index (χ4v) is 4.26. The van der Waals surface area contributed by atoms with Gasteiger partial charge >= 0.3 is 0 Å². The highest BCUT2D eigenvalue weighted by Crippen LogP contribution is 2.25. The lowest BCUT2D eigenvalue weighted by atomic mass is 9.98. The molecule has 0 spiro atoms. The molecule has 0 N–H and O–H groups in total. The number of methoxy groups -OCH3 is 1. The van der Waals surface area contributed by atoms with Crippen molar-refractivity contribution in [2.45, 2.75) is 19.8 Å². The van der Waals surface area contributed by atoms with E-state index >= 15 is 0 Å². The minimum atomic E-state index is 0.855. The van der Waals surface area contributed by atoms with Crippen LogP contribution in [0.15, 0.2) is 121 Å². The zero-order valence-electron chi connectivity index (χ0n) is 20.8. The molecule has 0 unspecified atom stereocenters. The highest BCUT2D eigenvalue weighted by Gasteiger charge is 2.03. The predicted molar refractivity (Wildman–Crippen MR) is 148 cm³/mol. The van der Waals surface area contributed by atoms with Gasteiger partial charge < -0.3 is 9.47 Å². The first kappa shape index (κ1) is 23.4. The summed E-state index contributed by atoms with van der Waals surface area (Å²) in [5, 5.41) is 0. The van der Waals surface area contributed by atoms with Gasteiger partial charge in [0.2, 0.25) is 0 Å². The highest BCUT2D eigenvalue weighted by molar-refractivity contribution is 5.64. The van der Waals surface area contributed by atoms with E-state index in [-0.39, 0.29) is 0 Å². The fraction of sp³-hybridized carbons (Fsp3) is 0.118. The Kier molecular flexibility index (Phi) is 7.14. The zero-order valence-corrected chi connectivity index (χ0v) is 20.8. The van der Waals surface area contributed by atoms with Crippen molar-refractivity contribution in [1.29, 1.82) is 0 Å². The Hall–Kier alpha value is -4.30. The van der Waals surface area contributed by atoms with Gasteiger partial charge in [-0.25, -0.2) is 0 Å². The molecule has 0 aliphatic rings. The van der Waals surface area contributed by atoms with E-state index in [1.165, 1.54) is 38.9 Å². The standard InChI is InChI=1S/C34H30O2/c1-25-3-17-33(18-4-25)36-34-21-11-29(12-22-34)24-27-7-15-31(16-8-27)30-13-5-26(6-14-30)23-28-9-19-32(35-2)20-10-28/h3-22H,23-24H2,1-2H3. The van der Waals surface area contributed by atoms with Crippen molar-refractivity contribution in [3.63, 3.8) is 0 Å². The smallest absolute Gasteiger partial charge is 0.127 e. The Morgan fingerprint density at radius 2 is 0.750 bits per heavy atom. The van der Waals surface area contributed by atoms with E-state index in [4.69, 9.17) is 9.47 Å². The summed E-state index contributed by atoms with van der Waals surface area (Å²) in [6.07, 6.45) is 1.81. The average Bonchev–Trinajstić information content (AvgIpc) is 2.92. The van der Waals surface area contributed by atoms with Crippen LogP contribution >= 0.6 is 0 Å². The zero-order chi connectivity index (χ0) is 24.7. The summed E-state index contributed by atoms with van der Waals surface area (Å²) in [5.41, 5.74) is 8.83. The van der Waals surface area contributed by atoms with Gasteiger partial charge in [0.15, 0.2) is 0 Å². The quantitative estimate of drug-likeness (QED) is 0.226. The maximum atomic E-state index is 5.95. The molecule has 0 saturated carbocycles. The topological polar surface area (TPSA) is 18.5 Å². The Morgan fingerprint density at radius 1 is 0.417 bits per heavy atom. The molecule has 36 heavy (non-hydrogen) atoms. The molecule has 2 heteroatoms. The summed E-state index contributed by atoms with van der Waals surface area (Å²) < 4.78 is 11.2. The van der Waals surface area contributed by atoms with Gasteiger partial charge in [-0.05, 0) is 89.5 Å². The van der Waals surface area contributed by atoms with Crippen LogP contribution in [0.3, 0.4) is 0 Å². The van der Waals surface area contributed by atoms with E-state index in [1.54, 1.807) is 7.11 Å². The molecule has 0 aliphatic carbocycles. The predicted octanol–water partition coefficient (Wildman–Crippen LogP) is 8.64. The van der Waals surface area contributed by atoms with Crippen LogP contribution < -0.4 is 9.47 Å². The summed E-state index contributed by atoms with van der Waals surface area (Å²) in [7, 11) is 1.70. The van der Waals surface area contributed by atoms with E-state index in [0.29, 0.717) is 0 Å². The van der Waals surface area contributed by atoms with Crippen molar-refractivity contribution in [2.75, 3.05) is 7.11 Å². The second kappa shape index (κ2) is 11.0. The van der Waals surface area contributed by atoms with E-state index in [2.05, 4.69) is 91.9 Å². The number of benzene rings is 5. The molecule has 178 valence electrons. The van der Waals surface area contributed by atoms with Crippen LogP contribution in [0.25, 0.3) is 11.1 Å². The van der Waals surface area contributed by atoms with E-state index in [0.717, 1.165) is 30.1 Å². The third-order valence-electron chi connectivity index (χ3n) is 6.40. The average molecular weight is 471 g/mol. The van der Waals surface area contributed by atoms with Crippen LogP contribution in [0.1, 0.15) is 27.8 Å². The molecule has 0 atom stereocenters. The van der Waals surface area contributed by atoms with Crippen LogP contribution in [-0.4, -0.2) is 7.11 Å². The molecule has 5 aromatic carbocycles. The SMILES string of the molecule is COc1ccc(Cc2ccc(-c3ccc(Cc4ccc(Oc5ccc(C)cc5)cc4)cc3)cc2)cc1. The summed E-state index contributed by atoms with van der Waals surface area (Å²) >= 11 is 0. The molecule has 0 radical (unpaired) electrons. The van der Waals surface area contributed by atoms with Crippen molar-refractivity contribution < 1.29 is 9.47 Å². The van der Waals surface area contributed by atoms with Crippen LogP contribution in [0.4, 0.5) is 0 Å². The first-order chi connectivity index (χ1) is 17.6. The molecule has 0 amide bonds. The lowest BCUT2D eigenvalue weighted by molar-refractivity contribution is 0.414. The third kappa shape index (κ3) is 6.03. The summed E-state index contributed by atoms with van der Waals surface area (Å²) in [6, 6.07) is 42.5. The Labute approximate surface area is 213 Å². The minimum Gasteiger partial charge on any atom is -0.497 e. The molecule has 0 heterocycles. The van der Waals surface area contributed by atoms with Gasteiger partial charge in [0.25, 0.3) is 0 Å². The number of hydrogen-bond donors (Lipinski definition) is 0. The fourth-order valence-electron chi connectivity index (χ4n) is 4.26. The van der Waals surface area contributed by atoms with Crippen LogP contribution in [0.5, 0.6) is 17.2 Å². The molecule has 0 aromatic heterocycles. The molecular formula is C34H30O2. The van der Waals surface area contributed by atoms with Gasteiger partial charge in [0.05, 0.1) is 7.11 Å². The first-order valence-electron chi connectivity index (χ1n) is 12.3. The molecule has 0 fully saturated rings. The second-order valence-electron chi connectivity index (χ2n) is 9.15. The van der Waals surface area contributed by atoms with Gasteiger partial charge in [-0.2, -0.15) is 0 Å². The highest BCUT2D eigenvalue weighted by atomic mass is 16.5. The minimum absolute atomic E-state index is 0.855. The summed E-state index contributed by atoms with van der Waals surface area (Å²) in [6.45, 7) is 2.08. The van der Waals surface area contributed by atoms with Crippen molar-refractivity contribution >= 4 is 0 Å². The van der Waals surface area contributed by atoms with Crippen molar-refractivity contribution in [1.82, 2.24) is 0 Å². The van der Waals surface area contributed by atoms with E-state index < -0.39 is 0 Å². The molecule has 5 rings (SSSR count). The molecular weight excluding hydrogens is 440 g/mol. The van der Waals surface area contributed by atoms with Crippen molar-refractivity contribution in [3.05, 3.63) is 149 Å². The van der Waals surface area contributed by atoms with E-state index in [1.807, 2.05) is 36.4 Å². The number of ether oxygens (including phenoxy) is 2. The van der Waals surface area contributed by atoms with Crippen LogP contribution in [0, 0.1) is 6.92 Å². The number of hydrogen-bond acceptors (Lipinski definition) is 2. The Bertz CT molecular complexity index is 1380. The van der Waals surface area contributed by atoms with Crippen LogP contribution in [0.2, 0.25) is 0 Å². The summed E-state index contributed by atoms with van der Waals surface area (Å²) in [5.74, 6) is 2.60. The number of rotatable bonds is 8. The first-order valence-corrected chi connectivity index (χ1v) is 12.3. The molecule has 0 saturated heterocycles. The maximum absolute atomic E-state index is 5.95. The molecule has 2 nitrogen and oxygen atoms in total. The van der Waals surface area contributed by atoms with Gasteiger partial charge in [0.1, 0.15) is 17.2 Å². The lowest BCUT2D eigenvalue weighted by Crippen LogP contribution is -1.90. The largest absolute Gasteiger partial charge is 0.497 e. The lowest BCUT2D eigenvalue weighted by Gasteiger charge is -2.09. The van der Waals surface area contributed by atoms with Gasteiger partial charge in [-0.15, -0.1) is 0 Å². The normalized spacial score (nSPS) is 10.7. The summed E-state index contributed by atoms with van der Waals surface area (Å²) in [4.78, 5) is 0. The van der Waals surface area contributed by atoms with Gasteiger partial charge in [-0.1, -0.05) is 90.5 Å².